The van der Waals surface area contributed by atoms with Crippen molar-refractivity contribution in [3.05, 3.63) is 152 Å². The van der Waals surface area contributed by atoms with Crippen LogP contribution in [0.5, 0.6) is 0 Å². The van der Waals surface area contributed by atoms with Crippen molar-refractivity contribution in [2.24, 2.45) is 0 Å². The third kappa shape index (κ3) is 28.6. The van der Waals surface area contributed by atoms with Crippen molar-refractivity contribution >= 4 is 89.0 Å². The second-order valence-corrected chi connectivity index (χ2v) is 28.6. The van der Waals surface area contributed by atoms with Crippen LogP contribution in [0.15, 0.2) is 121 Å². The Morgan fingerprint density at radius 1 is 0.608 bits per heavy atom. The number of Topliss-reactive ketones (excluding diaryl/α,β-unsaturated/α-hetero) is 1. The number of carbonyl (C=O) groups is 3. The summed E-state index contributed by atoms with van der Waals surface area (Å²) >= 11 is 0. The van der Waals surface area contributed by atoms with Crippen LogP contribution < -0.4 is 14.9 Å². The second kappa shape index (κ2) is 37.0. The van der Waals surface area contributed by atoms with Crippen molar-refractivity contribution in [1.29, 1.82) is 0 Å². The maximum atomic E-state index is 12.4. The van der Waals surface area contributed by atoms with Gasteiger partial charge in [-0.15, -0.1) is 3.71 Å². The monoisotopic (exact) mass is 1540 g/mol. The van der Waals surface area contributed by atoms with E-state index in [9.17, 15) is 99.4 Å². The largest absolute Gasteiger partial charge is 0.534 e. The van der Waals surface area contributed by atoms with Gasteiger partial charge in [0.15, 0.2) is 0 Å². The van der Waals surface area contributed by atoms with Crippen molar-refractivity contribution in [3.63, 3.8) is 0 Å². The molecule has 0 aromatic heterocycles. The quantitative estimate of drug-likeness (QED) is 0.0252. The normalized spacial score (nSPS) is 15.5. The van der Waals surface area contributed by atoms with Gasteiger partial charge in [0.2, 0.25) is 0 Å². The molecule has 1 saturated carbocycles. The Morgan fingerprint density at radius 2 is 1.06 bits per heavy atom. The van der Waals surface area contributed by atoms with E-state index in [4.69, 9.17) is 25.3 Å². The fraction of sp³-hybridized carbons (Fsp3) is 0.475. The number of nitrogens with zero attached hydrogens (tertiary/aromatic N) is 5. The van der Waals surface area contributed by atoms with Gasteiger partial charge in [-0.3, -0.25) is 25.0 Å². The number of para-hydroxylation sites is 1. The number of benzene rings is 4. The number of allylic oxidation sites excluding steroid dienone is 2. The van der Waals surface area contributed by atoms with Crippen LogP contribution in [0.4, 0.5) is 71.9 Å². The zero-order valence-corrected chi connectivity index (χ0v) is 57.1. The Morgan fingerprint density at radius 3 is 1.43 bits per heavy atom. The summed E-state index contributed by atoms with van der Waals surface area (Å²) < 4.78 is 189. The Hall–Kier alpha value is -7.36. The molecular weight excluding hydrogens is 1470 g/mol. The number of non-ortho nitro benzene ring substituents is 2. The number of hydrogen-bond donors (Lipinski definition) is 3. The van der Waals surface area contributed by atoms with E-state index in [1.807, 2.05) is 59.8 Å². The molecule has 4 N–H and O–H groups in total. The molecule has 2 aliphatic carbocycles. The number of piperidine rings is 1. The molecule has 2 heterocycles. The third-order valence-electron chi connectivity index (χ3n) is 13.4. The van der Waals surface area contributed by atoms with Gasteiger partial charge >= 0.3 is 66.0 Å². The summed E-state index contributed by atoms with van der Waals surface area (Å²) in [6, 6.07) is 23.4. The summed E-state index contributed by atoms with van der Waals surface area (Å²) in [6.07, 6.45) is 13.0. The molecule has 24 nitrogen and oxygen atoms in total. The Kier molecular flexibility index (Phi) is 32.7. The number of amides is 2. The van der Waals surface area contributed by atoms with Crippen molar-refractivity contribution in [2.45, 2.75) is 152 Å². The molecule has 544 valence electrons. The number of carbonyl (C=O) groups excluding carboxylic acids is 3. The van der Waals surface area contributed by atoms with Crippen molar-refractivity contribution in [2.75, 3.05) is 35.6 Å². The topological polar surface area (TPSA) is 344 Å². The number of rotatable bonds is 10. The molecule has 38 heteroatoms. The minimum atomic E-state index is -6.81. The molecule has 1 saturated heterocycles. The van der Waals surface area contributed by atoms with Gasteiger partial charge < -0.3 is 39.2 Å². The van der Waals surface area contributed by atoms with Crippen LogP contribution in [0.25, 0.3) is 5.57 Å². The van der Waals surface area contributed by atoms with E-state index in [-0.39, 0.29) is 63.1 Å². The van der Waals surface area contributed by atoms with Crippen LogP contribution in [0, 0.1) is 20.2 Å². The Balaban J connectivity index is 0.000000602. The van der Waals surface area contributed by atoms with Gasteiger partial charge in [0.05, 0.1) is 15.5 Å². The van der Waals surface area contributed by atoms with Gasteiger partial charge in [-0.2, -0.15) is 64.8 Å². The molecular formula is C59H76BF9N6O18PdS3. The fourth-order valence-corrected chi connectivity index (χ4v) is 11.9. The summed E-state index contributed by atoms with van der Waals surface area (Å²) in [6.45, 7) is 13.8. The van der Waals surface area contributed by atoms with Crippen molar-refractivity contribution in [3.8, 4) is 0 Å². The van der Waals surface area contributed by atoms with Gasteiger partial charge in [-0.25, -0.2) is 9.59 Å². The predicted octanol–water partition coefficient (Wildman–Crippen LogP) is 12.5. The minimum absolute atomic E-state index is 0. The molecule has 2 aliphatic heterocycles. The number of ketones is 1. The molecule has 97 heavy (non-hydrogen) atoms. The van der Waals surface area contributed by atoms with Crippen LogP contribution >= 0.6 is 0 Å². The summed E-state index contributed by atoms with van der Waals surface area (Å²) in [7, 11) is -20.7. The first-order valence-electron chi connectivity index (χ1n) is 29.2. The SMILES string of the molecule is CC(C)(C)OC(=O)N1CC=C(c2ccc([N+](=O)[O-])cc2)CC1.CC(C)(C)OC(=O)N1CCC(c2ccc(N)cc2)CC1.O=C1CCCCC1.O=S(=O)(N(c1ccccc1)S(=O)(=O)C(F)(F)F)C(F)(F)F.O=S(=O)(OC1=CCCCC1)C(F)(F)F.O=[N+]([O-])c1ccc(B(O)O)cc1.[HH].[Pd]. The molecule has 0 spiro atoms. The average molecular weight is 1540 g/mol. The predicted molar refractivity (Wildman–Crippen MR) is 339 cm³/mol. The third-order valence-corrected chi connectivity index (χ3v) is 18.1. The maximum absolute atomic E-state index is 12.4. The van der Waals surface area contributed by atoms with Crippen molar-refractivity contribution in [1.82, 2.24) is 9.80 Å². The number of hydrogen-bond acceptors (Lipinski definition) is 19. The molecule has 0 unspecified atom stereocenters. The first kappa shape index (κ1) is 85.7. The van der Waals surface area contributed by atoms with E-state index >= 15 is 0 Å². The molecule has 0 bridgehead atoms. The number of nitrogens with two attached hydrogens (primary N) is 1. The molecule has 2 amide bonds. The van der Waals surface area contributed by atoms with Gasteiger partial charge in [-0.1, -0.05) is 55.0 Å². The Labute approximate surface area is 570 Å². The second-order valence-electron chi connectivity index (χ2n) is 23.3. The van der Waals surface area contributed by atoms with E-state index in [1.54, 1.807) is 21.9 Å². The van der Waals surface area contributed by atoms with E-state index in [1.165, 1.54) is 54.5 Å². The smallest absolute Gasteiger partial charge is 0.444 e. The number of nitrogen functional groups attached to an aromatic ring is 1. The summed E-state index contributed by atoms with van der Waals surface area (Å²) in [5.41, 5.74) is -9.95. The molecule has 0 atom stereocenters. The molecule has 0 radical (unpaired) electrons. The average Bonchev–Trinajstić information content (AvgIpc) is 0.742. The number of ether oxygens (including phenoxy) is 2. The van der Waals surface area contributed by atoms with Crippen LogP contribution in [0.3, 0.4) is 0 Å². The standard InChI is InChI=1S/C16H20N2O4.C16H24N2O2.C8H5F6NO4S2.C7H9F3O3S.C6H6BNO4.C6H10O.Pd.H2/c1-16(2,3)22-15(19)17-10-8-13(9-11-17)12-4-6-14(7-5-12)18(20)21;1-16(2,3)20-15(19)18-10-8-13(9-11-18)12-4-6-14(17)7-5-12;9-7(10,11)20(16,17)15(6-4-2-1-3-5-6)21(18,19)8(12,13)14;8-7(9,10)14(11,12)13-6-4-2-1-3-5-6;9-7(10)5-1-3-6(4-2-5)8(11)12;7-6-4-2-1-3-5-6;;/h4-8H,9-11H2,1-3H3;4-7,13H,8-11,17H2,1-3H3;1-5H;4H,1-3,5H2;1-4,9-10H;1-5H2;;1H. The summed E-state index contributed by atoms with van der Waals surface area (Å²) in [5.74, 6) is 0.870. The number of alkyl halides is 9. The number of sulfonamides is 2. The number of likely N-dealkylation sites (tertiary alicyclic amines) is 1. The zero-order chi connectivity index (χ0) is 72.8. The van der Waals surface area contributed by atoms with Gasteiger partial charge in [-0.05, 0) is 163 Å². The summed E-state index contributed by atoms with van der Waals surface area (Å²) in [4.78, 5) is 57.7. The van der Waals surface area contributed by atoms with E-state index in [2.05, 4.69) is 16.3 Å². The fourth-order valence-electron chi connectivity index (χ4n) is 8.64. The molecule has 4 aromatic rings. The zero-order valence-electron chi connectivity index (χ0n) is 53.1. The summed E-state index contributed by atoms with van der Waals surface area (Å²) in [5, 5.41) is 38.1. The van der Waals surface area contributed by atoms with Crippen molar-refractivity contribution < 1.29 is 135 Å². The van der Waals surface area contributed by atoms with Crippen LogP contribution in [-0.2, 0) is 69.0 Å². The van der Waals surface area contributed by atoms with E-state index < -0.39 is 84.3 Å². The van der Waals surface area contributed by atoms with Crippen LogP contribution in [0.1, 0.15) is 137 Å². The first-order valence-corrected chi connectivity index (χ1v) is 33.5. The van der Waals surface area contributed by atoms with E-state index in [0.717, 1.165) is 93.1 Å². The first-order chi connectivity index (χ1) is 44.2. The van der Waals surface area contributed by atoms with Crippen LogP contribution in [-0.4, -0.2) is 134 Å². The van der Waals surface area contributed by atoms with E-state index in [0.29, 0.717) is 56.2 Å². The Bertz CT molecular complexity index is 3610. The number of nitro groups is 2. The number of halogens is 9. The van der Waals surface area contributed by atoms with Gasteiger partial charge in [0.25, 0.3) is 11.4 Å². The number of nitro benzene ring substituents is 2. The molecule has 8 rings (SSSR count). The van der Waals surface area contributed by atoms with Gasteiger partial charge in [0, 0.05) is 97.2 Å². The maximum Gasteiger partial charge on any atom is 0.534 e. The number of anilines is 2. The minimum Gasteiger partial charge on any atom is -0.444 e. The molecule has 2 fully saturated rings. The van der Waals surface area contributed by atoms with Crippen LogP contribution in [0.2, 0.25) is 0 Å². The van der Waals surface area contributed by atoms with Gasteiger partial charge in [0.1, 0.15) is 22.7 Å². The molecule has 4 aromatic carbocycles. The molecule has 4 aliphatic rings.